The van der Waals surface area contributed by atoms with Gasteiger partial charge in [-0.1, -0.05) is 20.3 Å². The van der Waals surface area contributed by atoms with Crippen molar-refractivity contribution in [1.82, 2.24) is 4.90 Å². The van der Waals surface area contributed by atoms with Crippen LogP contribution in [0.5, 0.6) is 0 Å². The van der Waals surface area contributed by atoms with E-state index >= 15 is 0 Å². The Balaban J connectivity index is 2.33. The second kappa shape index (κ2) is 4.97. The molecule has 0 bridgehead atoms. The molecule has 0 radical (unpaired) electrons. The normalized spacial score (nSPS) is 31.2. The van der Waals surface area contributed by atoms with E-state index in [1.165, 1.54) is 19.3 Å². The van der Waals surface area contributed by atoms with Crippen molar-refractivity contribution in [2.75, 3.05) is 13.6 Å². The lowest BCUT2D eigenvalue weighted by atomic mass is 10.1. The van der Waals surface area contributed by atoms with Crippen LogP contribution in [0.25, 0.3) is 0 Å². The fourth-order valence-corrected chi connectivity index (χ4v) is 2.19. The number of likely N-dealkylation sites (N-methyl/N-ethyl adjacent to an activating group) is 1. The minimum Gasteiger partial charge on any atom is -0.391 e. The molecule has 2 heteroatoms. The summed E-state index contributed by atoms with van der Waals surface area (Å²) in [5.41, 5.74) is 0. The fourth-order valence-electron chi connectivity index (χ4n) is 2.19. The largest absolute Gasteiger partial charge is 0.391 e. The van der Waals surface area contributed by atoms with Gasteiger partial charge < -0.3 is 10.0 Å². The van der Waals surface area contributed by atoms with E-state index in [0.29, 0.717) is 6.04 Å². The first-order valence-electron chi connectivity index (χ1n) is 5.53. The zero-order valence-electron chi connectivity index (χ0n) is 9.16. The van der Waals surface area contributed by atoms with Crippen LogP contribution in [0.2, 0.25) is 0 Å². The third-order valence-electron chi connectivity index (χ3n) is 3.31. The van der Waals surface area contributed by atoms with Gasteiger partial charge in [0.05, 0.1) is 6.10 Å². The van der Waals surface area contributed by atoms with Gasteiger partial charge in [-0.3, -0.25) is 0 Å². The molecule has 1 rings (SSSR count). The predicted molar refractivity (Wildman–Crippen MR) is 55.7 cm³/mol. The zero-order chi connectivity index (χ0) is 9.84. The van der Waals surface area contributed by atoms with E-state index < -0.39 is 0 Å². The Bertz CT molecular complexity index is 149. The van der Waals surface area contributed by atoms with Gasteiger partial charge in [0.1, 0.15) is 0 Å². The number of rotatable bonds is 4. The predicted octanol–water partition coefficient (Wildman–Crippen LogP) is 1.88. The first kappa shape index (κ1) is 11.0. The van der Waals surface area contributed by atoms with E-state index in [4.69, 9.17) is 0 Å². The van der Waals surface area contributed by atoms with Gasteiger partial charge in [0.25, 0.3) is 0 Å². The van der Waals surface area contributed by atoms with Crippen molar-refractivity contribution < 1.29 is 5.11 Å². The summed E-state index contributed by atoms with van der Waals surface area (Å²) in [5.74, 6) is 0.748. The van der Waals surface area contributed by atoms with E-state index in [1.807, 2.05) is 0 Å². The SMILES string of the molecule is CCC(C)CN(C)C1CCCC1O. The van der Waals surface area contributed by atoms with Crippen molar-refractivity contribution >= 4 is 0 Å². The van der Waals surface area contributed by atoms with Gasteiger partial charge in [0, 0.05) is 12.6 Å². The van der Waals surface area contributed by atoms with E-state index in [1.54, 1.807) is 0 Å². The van der Waals surface area contributed by atoms with Crippen molar-refractivity contribution in [3.05, 3.63) is 0 Å². The summed E-state index contributed by atoms with van der Waals surface area (Å²) in [6.07, 6.45) is 4.52. The van der Waals surface area contributed by atoms with Crippen LogP contribution in [0.4, 0.5) is 0 Å². The first-order valence-corrected chi connectivity index (χ1v) is 5.53. The monoisotopic (exact) mass is 185 g/mol. The lowest BCUT2D eigenvalue weighted by Crippen LogP contribution is -2.39. The number of aliphatic hydroxyl groups excluding tert-OH is 1. The Morgan fingerprint density at radius 3 is 2.62 bits per heavy atom. The Hall–Kier alpha value is -0.0800. The van der Waals surface area contributed by atoms with Gasteiger partial charge in [0.15, 0.2) is 0 Å². The lowest BCUT2D eigenvalue weighted by Gasteiger charge is -2.29. The summed E-state index contributed by atoms with van der Waals surface area (Å²) in [5, 5.41) is 9.70. The molecule has 0 saturated heterocycles. The van der Waals surface area contributed by atoms with Crippen LogP contribution < -0.4 is 0 Å². The standard InChI is InChI=1S/C11H23NO/c1-4-9(2)8-12(3)10-6-5-7-11(10)13/h9-11,13H,4-8H2,1-3H3. The molecule has 0 heterocycles. The maximum atomic E-state index is 9.70. The summed E-state index contributed by atoms with van der Waals surface area (Å²) in [4.78, 5) is 2.34. The highest BCUT2D eigenvalue weighted by Gasteiger charge is 2.28. The van der Waals surface area contributed by atoms with Crippen molar-refractivity contribution in [1.29, 1.82) is 0 Å². The quantitative estimate of drug-likeness (QED) is 0.723. The molecule has 78 valence electrons. The third-order valence-corrected chi connectivity index (χ3v) is 3.31. The molecule has 0 aromatic carbocycles. The van der Waals surface area contributed by atoms with Crippen molar-refractivity contribution in [2.45, 2.75) is 51.7 Å². The van der Waals surface area contributed by atoms with Crippen LogP contribution in [0.3, 0.4) is 0 Å². The maximum absolute atomic E-state index is 9.70. The van der Waals surface area contributed by atoms with Crippen molar-refractivity contribution in [3.63, 3.8) is 0 Å². The van der Waals surface area contributed by atoms with E-state index in [-0.39, 0.29) is 6.10 Å². The lowest BCUT2D eigenvalue weighted by molar-refractivity contribution is 0.0784. The molecular weight excluding hydrogens is 162 g/mol. The average molecular weight is 185 g/mol. The molecule has 0 aromatic heterocycles. The molecular formula is C11H23NO. The van der Waals surface area contributed by atoms with Crippen molar-refractivity contribution in [3.8, 4) is 0 Å². The molecule has 1 aliphatic rings. The molecule has 13 heavy (non-hydrogen) atoms. The second-order valence-corrected chi connectivity index (χ2v) is 4.52. The van der Waals surface area contributed by atoms with E-state index in [0.717, 1.165) is 18.9 Å². The van der Waals surface area contributed by atoms with Crippen LogP contribution >= 0.6 is 0 Å². The molecule has 2 nitrogen and oxygen atoms in total. The van der Waals surface area contributed by atoms with E-state index in [2.05, 4.69) is 25.8 Å². The molecule has 0 aromatic rings. The Labute approximate surface area is 81.9 Å². The molecule has 1 fully saturated rings. The molecule has 1 aliphatic carbocycles. The minimum atomic E-state index is -0.0749. The van der Waals surface area contributed by atoms with Crippen LogP contribution in [0, 0.1) is 5.92 Å². The summed E-state index contributed by atoms with van der Waals surface area (Å²) in [7, 11) is 2.14. The van der Waals surface area contributed by atoms with Gasteiger partial charge in [-0.25, -0.2) is 0 Å². The Morgan fingerprint density at radius 2 is 2.15 bits per heavy atom. The van der Waals surface area contributed by atoms with Gasteiger partial charge >= 0.3 is 0 Å². The molecule has 3 unspecified atom stereocenters. The average Bonchev–Trinajstić information content (AvgIpc) is 2.51. The van der Waals surface area contributed by atoms with Crippen molar-refractivity contribution in [2.24, 2.45) is 5.92 Å². The highest BCUT2D eigenvalue weighted by molar-refractivity contribution is 4.83. The fraction of sp³-hybridized carbons (Fsp3) is 1.00. The molecule has 0 amide bonds. The highest BCUT2D eigenvalue weighted by atomic mass is 16.3. The van der Waals surface area contributed by atoms with Gasteiger partial charge in [0.2, 0.25) is 0 Å². The molecule has 1 saturated carbocycles. The second-order valence-electron chi connectivity index (χ2n) is 4.52. The summed E-state index contributed by atoms with van der Waals surface area (Å²) in [6.45, 7) is 5.62. The van der Waals surface area contributed by atoms with Crippen LogP contribution in [-0.4, -0.2) is 35.7 Å². The summed E-state index contributed by atoms with van der Waals surface area (Å²) in [6, 6.07) is 0.425. The molecule has 0 spiro atoms. The first-order chi connectivity index (χ1) is 6.15. The highest BCUT2D eigenvalue weighted by Crippen LogP contribution is 2.23. The summed E-state index contributed by atoms with van der Waals surface area (Å²) >= 11 is 0. The number of nitrogens with zero attached hydrogens (tertiary/aromatic N) is 1. The Morgan fingerprint density at radius 1 is 1.46 bits per heavy atom. The van der Waals surface area contributed by atoms with Gasteiger partial charge in [-0.2, -0.15) is 0 Å². The van der Waals surface area contributed by atoms with Crippen LogP contribution in [0.15, 0.2) is 0 Å². The van der Waals surface area contributed by atoms with Crippen LogP contribution in [-0.2, 0) is 0 Å². The van der Waals surface area contributed by atoms with Gasteiger partial charge in [-0.05, 0) is 32.2 Å². The Kier molecular flexibility index (Phi) is 4.20. The van der Waals surface area contributed by atoms with Crippen LogP contribution in [0.1, 0.15) is 39.5 Å². The molecule has 1 N–H and O–H groups in total. The number of aliphatic hydroxyl groups is 1. The topological polar surface area (TPSA) is 23.5 Å². The zero-order valence-corrected chi connectivity index (χ0v) is 9.16. The number of hydrogen-bond acceptors (Lipinski definition) is 2. The van der Waals surface area contributed by atoms with E-state index in [9.17, 15) is 5.11 Å². The maximum Gasteiger partial charge on any atom is 0.0695 e. The molecule has 0 aliphatic heterocycles. The molecule has 3 atom stereocenters. The smallest absolute Gasteiger partial charge is 0.0695 e. The summed E-state index contributed by atoms with van der Waals surface area (Å²) < 4.78 is 0. The van der Waals surface area contributed by atoms with Gasteiger partial charge in [-0.15, -0.1) is 0 Å². The third kappa shape index (κ3) is 2.96. The minimum absolute atomic E-state index is 0.0749. The number of hydrogen-bond donors (Lipinski definition) is 1.